The number of aryl methyl sites for hydroxylation is 2. The number of allylic oxidation sites excluding steroid dienone is 6. The Balaban J connectivity index is 0. The van der Waals surface area contributed by atoms with Crippen LogP contribution in [0.4, 0.5) is 5.69 Å². The van der Waals surface area contributed by atoms with E-state index in [4.69, 9.17) is 18.0 Å². The molecule has 0 saturated heterocycles. The van der Waals surface area contributed by atoms with Gasteiger partial charge in [-0.1, -0.05) is 151 Å². The molecular formula is C37H54ClN. The van der Waals surface area contributed by atoms with Crippen LogP contribution >= 0.6 is 11.6 Å². The molecule has 0 bridgehead atoms. The Hall–Kier alpha value is -2.95. The fraction of sp³-hybridized carbons (Fsp3) is 0.405. The van der Waals surface area contributed by atoms with Crippen LogP contribution in [-0.2, 0) is 0 Å². The first kappa shape index (κ1) is 38.2. The van der Waals surface area contributed by atoms with Crippen molar-refractivity contribution < 1.29 is 0 Å². The summed E-state index contributed by atoms with van der Waals surface area (Å²) in [5.74, 6) is 3.72. The quantitative estimate of drug-likeness (QED) is 0.243. The second-order valence-electron chi connectivity index (χ2n) is 10.1. The SMILES string of the molecule is C#CC(C)/C=C\C=C(/C=C)c1ccc(C)cc1.C=C(C)Nc1ccc(C)c(Cl)c1.CCCC.CCCC(C)C. The maximum absolute atomic E-state index is 5.93. The van der Waals surface area contributed by atoms with Crippen molar-refractivity contribution in [3.05, 3.63) is 107 Å². The summed E-state index contributed by atoms with van der Waals surface area (Å²) < 4.78 is 0. The monoisotopic (exact) mass is 547 g/mol. The second kappa shape index (κ2) is 24.1. The van der Waals surface area contributed by atoms with Crippen molar-refractivity contribution >= 4 is 22.9 Å². The van der Waals surface area contributed by atoms with Crippen molar-refractivity contribution in [1.29, 1.82) is 0 Å². The minimum absolute atomic E-state index is 0.162. The lowest BCUT2D eigenvalue weighted by Gasteiger charge is -2.06. The predicted molar refractivity (Wildman–Crippen MR) is 181 cm³/mol. The lowest BCUT2D eigenvalue weighted by molar-refractivity contribution is 0.576. The molecule has 0 aliphatic rings. The lowest BCUT2D eigenvalue weighted by atomic mass is 10.0. The largest absolute Gasteiger partial charge is 0.360 e. The zero-order chi connectivity index (χ0) is 30.2. The van der Waals surface area contributed by atoms with Crippen molar-refractivity contribution in [1.82, 2.24) is 0 Å². The van der Waals surface area contributed by atoms with Gasteiger partial charge >= 0.3 is 0 Å². The van der Waals surface area contributed by atoms with Gasteiger partial charge in [0.1, 0.15) is 0 Å². The molecular weight excluding hydrogens is 494 g/mol. The Morgan fingerprint density at radius 1 is 1.00 bits per heavy atom. The van der Waals surface area contributed by atoms with Gasteiger partial charge in [-0.2, -0.15) is 0 Å². The third-order valence-corrected chi connectivity index (χ3v) is 5.85. The molecule has 1 N–H and O–H groups in total. The third-order valence-electron chi connectivity index (χ3n) is 5.44. The zero-order valence-electron chi connectivity index (χ0n) is 26.2. The maximum atomic E-state index is 5.93. The van der Waals surface area contributed by atoms with Crippen LogP contribution in [0.25, 0.3) is 5.57 Å². The van der Waals surface area contributed by atoms with E-state index in [1.807, 2.05) is 63.3 Å². The van der Waals surface area contributed by atoms with Gasteiger partial charge in [-0.3, -0.25) is 0 Å². The first-order valence-electron chi connectivity index (χ1n) is 14.2. The fourth-order valence-electron chi connectivity index (χ4n) is 2.90. The molecule has 214 valence electrons. The Bertz CT molecular complexity index is 1030. The molecule has 2 rings (SSSR count). The van der Waals surface area contributed by atoms with E-state index in [-0.39, 0.29) is 5.92 Å². The van der Waals surface area contributed by atoms with Gasteiger partial charge in [-0.25, -0.2) is 0 Å². The van der Waals surface area contributed by atoms with Gasteiger partial charge in [-0.05, 0) is 62.4 Å². The Morgan fingerprint density at radius 2 is 1.59 bits per heavy atom. The first-order valence-corrected chi connectivity index (χ1v) is 14.6. The van der Waals surface area contributed by atoms with E-state index in [1.54, 1.807) is 0 Å². The molecule has 0 saturated carbocycles. The predicted octanol–water partition coefficient (Wildman–Crippen LogP) is 12.2. The Morgan fingerprint density at radius 3 is 1.97 bits per heavy atom. The molecule has 1 atom stereocenters. The highest BCUT2D eigenvalue weighted by atomic mass is 35.5. The Labute approximate surface area is 247 Å². The highest BCUT2D eigenvalue weighted by molar-refractivity contribution is 6.31. The van der Waals surface area contributed by atoms with Gasteiger partial charge in [0.15, 0.2) is 0 Å². The molecule has 0 spiro atoms. The summed E-state index contributed by atoms with van der Waals surface area (Å²) in [5.41, 5.74) is 6.51. The zero-order valence-corrected chi connectivity index (χ0v) is 27.0. The number of hydrogen-bond acceptors (Lipinski definition) is 1. The summed E-state index contributed by atoms with van der Waals surface area (Å²) in [6.45, 7) is 26.6. The average molecular weight is 548 g/mol. The van der Waals surface area contributed by atoms with E-state index in [0.717, 1.165) is 33.5 Å². The highest BCUT2D eigenvalue weighted by Gasteiger charge is 1.97. The molecule has 0 fully saturated rings. The van der Waals surface area contributed by atoms with Crippen molar-refractivity contribution in [2.75, 3.05) is 5.32 Å². The molecule has 0 amide bonds. The van der Waals surface area contributed by atoms with Crippen LogP contribution in [-0.4, -0.2) is 0 Å². The summed E-state index contributed by atoms with van der Waals surface area (Å²) >= 11 is 5.93. The number of unbranched alkanes of at least 4 members (excludes halogenated alkanes) is 1. The number of anilines is 1. The van der Waals surface area contributed by atoms with E-state index >= 15 is 0 Å². The number of rotatable bonds is 9. The number of terminal acetylenes is 1. The topological polar surface area (TPSA) is 12.0 Å². The van der Waals surface area contributed by atoms with Gasteiger partial charge < -0.3 is 5.32 Å². The number of nitrogens with one attached hydrogen (secondary N) is 1. The van der Waals surface area contributed by atoms with Gasteiger partial charge in [0.25, 0.3) is 0 Å². The van der Waals surface area contributed by atoms with Crippen LogP contribution in [0.1, 0.15) is 90.8 Å². The van der Waals surface area contributed by atoms with Gasteiger partial charge in [0, 0.05) is 22.3 Å². The minimum atomic E-state index is 0.162. The van der Waals surface area contributed by atoms with Crippen LogP contribution in [0.2, 0.25) is 5.02 Å². The normalized spacial score (nSPS) is 11.1. The summed E-state index contributed by atoms with van der Waals surface area (Å²) in [4.78, 5) is 0. The summed E-state index contributed by atoms with van der Waals surface area (Å²) in [6.07, 6.45) is 18.5. The van der Waals surface area contributed by atoms with E-state index < -0.39 is 0 Å². The molecule has 2 aromatic carbocycles. The molecule has 0 aliphatic carbocycles. The molecule has 1 nitrogen and oxygen atoms in total. The number of benzene rings is 2. The highest BCUT2D eigenvalue weighted by Crippen LogP contribution is 2.20. The van der Waals surface area contributed by atoms with Crippen LogP contribution in [0.5, 0.6) is 0 Å². The van der Waals surface area contributed by atoms with Crippen LogP contribution < -0.4 is 5.32 Å². The van der Waals surface area contributed by atoms with Crippen molar-refractivity contribution in [3.63, 3.8) is 0 Å². The summed E-state index contributed by atoms with van der Waals surface area (Å²) in [7, 11) is 0. The summed E-state index contributed by atoms with van der Waals surface area (Å²) in [6, 6.07) is 14.2. The van der Waals surface area contributed by atoms with Crippen LogP contribution in [0.3, 0.4) is 0 Å². The second-order valence-corrected chi connectivity index (χ2v) is 10.5. The molecule has 2 heteroatoms. The van der Waals surface area contributed by atoms with Crippen molar-refractivity contribution in [2.24, 2.45) is 11.8 Å². The van der Waals surface area contributed by atoms with E-state index in [0.29, 0.717) is 0 Å². The van der Waals surface area contributed by atoms with Gasteiger partial charge in [0.05, 0.1) is 0 Å². The van der Waals surface area contributed by atoms with E-state index in [2.05, 4.69) is 90.2 Å². The summed E-state index contributed by atoms with van der Waals surface area (Å²) in [5, 5.41) is 3.87. The van der Waals surface area contributed by atoms with Gasteiger partial charge in [0.2, 0.25) is 0 Å². The minimum Gasteiger partial charge on any atom is -0.360 e. The van der Waals surface area contributed by atoms with E-state index in [1.165, 1.54) is 36.8 Å². The molecule has 0 radical (unpaired) electrons. The lowest BCUT2D eigenvalue weighted by Crippen LogP contribution is -1.93. The van der Waals surface area contributed by atoms with Crippen molar-refractivity contribution in [2.45, 2.75) is 88.0 Å². The molecule has 0 aromatic heterocycles. The maximum Gasteiger partial charge on any atom is 0.0455 e. The van der Waals surface area contributed by atoms with Crippen LogP contribution in [0.15, 0.2) is 85.6 Å². The fourth-order valence-corrected chi connectivity index (χ4v) is 3.08. The average Bonchev–Trinajstić information content (AvgIpc) is 2.90. The molecule has 1 unspecified atom stereocenters. The molecule has 2 aromatic rings. The molecule has 0 aliphatic heterocycles. The molecule has 0 heterocycles. The van der Waals surface area contributed by atoms with E-state index in [9.17, 15) is 0 Å². The third kappa shape index (κ3) is 21.7. The molecule has 39 heavy (non-hydrogen) atoms. The smallest absolute Gasteiger partial charge is 0.0455 e. The van der Waals surface area contributed by atoms with Gasteiger partial charge in [-0.15, -0.1) is 6.42 Å². The number of halogens is 1. The standard InChI is InChI=1S/C17H18.C10H12ClN.C6H14.C4H10/c1-5-14(3)8-7-9-16(6-2)17-12-10-15(4)11-13-17;1-7(2)12-9-5-4-8(3)10(11)6-9;1-4-5-6(2)3;1-3-4-2/h1,6-14H,2H2,3-4H3;4-6,12H,1H2,2-3H3;6H,4-5H2,1-3H3;3-4H2,1-2H3/b8-7-,16-9+;;;. The number of hydrogen-bond donors (Lipinski definition) is 1. The Kier molecular flexibility index (Phi) is 23.6. The van der Waals surface area contributed by atoms with Crippen LogP contribution in [0, 0.1) is 38.0 Å². The first-order chi connectivity index (χ1) is 18.4. The van der Waals surface area contributed by atoms with Crippen molar-refractivity contribution in [3.8, 4) is 12.3 Å².